The van der Waals surface area contributed by atoms with Crippen molar-refractivity contribution in [3.63, 3.8) is 0 Å². The highest BCUT2D eigenvalue weighted by atomic mass is 19.2. The van der Waals surface area contributed by atoms with E-state index in [2.05, 4.69) is 28.2 Å². The van der Waals surface area contributed by atoms with Gasteiger partial charge in [0, 0.05) is 7.11 Å². The van der Waals surface area contributed by atoms with Crippen LogP contribution in [0.15, 0.2) is 34.5 Å². The number of amides is 5. The van der Waals surface area contributed by atoms with Crippen molar-refractivity contribution in [3.8, 4) is 0 Å². The van der Waals surface area contributed by atoms with Crippen LogP contribution in [0.2, 0.25) is 0 Å². The molecular weight excluding hydrogens is 436 g/mol. The van der Waals surface area contributed by atoms with E-state index in [4.69, 9.17) is 14.7 Å². The van der Waals surface area contributed by atoms with E-state index in [9.17, 15) is 28.0 Å². The van der Waals surface area contributed by atoms with Gasteiger partial charge in [0.25, 0.3) is 5.91 Å². The average molecular weight is 457 g/mol. The third-order valence-corrected chi connectivity index (χ3v) is 4.07. The Morgan fingerprint density at radius 2 is 1.94 bits per heavy atom. The number of esters is 1. The fourth-order valence-corrected chi connectivity index (χ4v) is 2.77. The number of nitrogens with zero attached hydrogens (tertiary/aromatic N) is 2. The molecule has 0 bridgehead atoms. The second kappa shape index (κ2) is 12.2. The number of ether oxygens (including phenoxy) is 2. The first-order valence-corrected chi connectivity index (χ1v) is 8.63. The van der Waals surface area contributed by atoms with Crippen LogP contribution in [0, 0.1) is 11.6 Å². The Balaban J connectivity index is 0.00000249. The van der Waals surface area contributed by atoms with E-state index in [1.807, 2.05) is 0 Å². The van der Waals surface area contributed by atoms with Crippen LogP contribution in [-0.2, 0) is 19.1 Å². The average Bonchev–Trinajstić information content (AvgIpc) is 2.79. The predicted molar refractivity (Wildman–Crippen MR) is 104 cm³/mol. The minimum absolute atomic E-state index is 0.0306. The number of imide groups is 1. The molecule has 1 atom stereocenters. The van der Waals surface area contributed by atoms with Crippen LogP contribution in [0.25, 0.3) is 0 Å². The lowest BCUT2D eigenvalue weighted by atomic mass is 9.93. The van der Waals surface area contributed by atoms with Crippen LogP contribution in [0.5, 0.6) is 0 Å². The predicted octanol–water partition coefficient (Wildman–Crippen LogP) is 0.376. The molecule has 1 unspecified atom stereocenters. The van der Waals surface area contributed by atoms with E-state index in [-0.39, 0.29) is 23.4 Å². The largest absolute Gasteiger partial charge is 0.466 e. The number of rotatable bonds is 6. The number of hydrogen-bond donors (Lipinski definition) is 4. The summed E-state index contributed by atoms with van der Waals surface area (Å²) >= 11 is 0. The molecule has 32 heavy (non-hydrogen) atoms. The lowest BCUT2D eigenvalue weighted by Gasteiger charge is -2.36. The van der Waals surface area contributed by atoms with E-state index in [0.29, 0.717) is 4.90 Å². The number of carbonyl (C=O) groups is 4. The molecule has 1 aromatic carbocycles. The summed E-state index contributed by atoms with van der Waals surface area (Å²) in [6.45, 7) is 2.19. The molecule has 1 aromatic rings. The van der Waals surface area contributed by atoms with Crippen LogP contribution in [0.4, 0.5) is 18.4 Å². The fraction of sp³-hybridized carbons (Fsp3) is 0.278. The highest BCUT2D eigenvalue weighted by Crippen LogP contribution is 2.35. The van der Waals surface area contributed by atoms with Crippen molar-refractivity contribution in [1.29, 1.82) is 0 Å². The van der Waals surface area contributed by atoms with E-state index < -0.39 is 48.2 Å². The van der Waals surface area contributed by atoms with Gasteiger partial charge in [0.1, 0.15) is 12.6 Å². The normalized spacial score (nSPS) is 15.2. The molecule has 5 N–H and O–H groups in total. The number of nitrogens with two attached hydrogens (primary N) is 1. The number of halogens is 2. The van der Waals surface area contributed by atoms with Gasteiger partial charge in [-0.25, -0.2) is 39.0 Å². The van der Waals surface area contributed by atoms with Gasteiger partial charge in [0.15, 0.2) is 11.6 Å². The highest BCUT2D eigenvalue weighted by molar-refractivity contribution is 6.02. The fourth-order valence-electron chi connectivity index (χ4n) is 2.77. The number of hydrogen-bond acceptors (Lipinski definition) is 8. The maximum Gasteiger partial charge on any atom is 0.338 e. The summed E-state index contributed by atoms with van der Waals surface area (Å²) in [7, 11) is 2.37. The van der Waals surface area contributed by atoms with Gasteiger partial charge in [-0.1, -0.05) is 6.07 Å². The minimum Gasteiger partial charge on any atom is -0.466 e. The topological polar surface area (TPSA) is 173 Å². The van der Waals surface area contributed by atoms with Gasteiger partial charge in [0.05, 0.1) is 25.0 Å². The SMILES string of the molecule is C=NC(=O)CNC(=O)N1C(=O)NC(COC)=C(C(=O)OC)C1c1ccc(F)c(F)c1.NO. The molecule has 1 aliphatic heterocycles. The molecule has 0 saturated heterocycles. The maximum absolute atomic E-state index is 13.9. The standard InChI is InChI=1S/C18H18F2N4O6.H3NO/c1-21-13(25)7-22-17(27)24-15(9-4-5-10(19)11(20)6-9)14(16(26)30-3)12(8-29-2)23-18(24)28;1-2/h4-6,15H,1,7-8H2,2-3H3,(H,22,27)(H,23,28);2H,1H2. The van der Waals surface area contributed by atoms with Crippen molar-refractivity contribution in [2.45, 2.75) is 6.04 Å². The first-order valence-electron chi connectivity index (χ1n) is 8.63. The Morgan fingerprint density at radius 3 is 2.47 bits per heavy atom. The second-order valence-corrected chi connectivity index (χ2v) is 5.90. The zero-order valence-electron chi connectivity index (χ0n) is 17.1. The van der Waals surface area contributed by atoms with Gasteiger partial charge < -0.3 is 25.3 Å². The quantitative estimate of drug-likeness (QED) is 0.269. The minimum atomic E-state index is -1.50. The van der Waals surface area contributed by atoms with Gasteiger partial charge in [-0.2, -0.15) is 0 Å². The Bertz CT molecular complexity index is 938. The number of methoxy groups -OCH3 is 2. The first-order chi connectivity index (χ1) is 15.2. The van der Waals surface area contributed by atoms with E-state index in [1.54, 1.807) is 0 Å². The summed E-state index contributed by atoms with van der Waals surface area (Å²) in [5.41, 5.74) is -0.369. The Kier molecular flexibility index (Phi) is 10.0. The third-order valence-electron chi connectivity index (χ3n) is 4.07. The number of carbonyl (C=O) groups excluding carboxylic acids is 4. The van der Waals surface area contributed by atoms with Crippen molar-refractivity contribution in [2.24, 2.45) is 10.9 Å². The van der Waals surface area contributed by atoms with Crippen molar-refractivity contribution < 1.29 is 42.6 Å². The van der Waals surface area contributed by atoms with Crippen molar-refractivity contribution >= 4 is 30.7 Å². The number of aliphatic imine (C=N–C) groups is 1. The summed E-state index contributed by atoms with van der Waals surface area (Å²) in [6.07, 6.45) is 0. The summed E-state index contributed by atoms with van der Waals surface area (Å²) in [5.74, 6) is -0.659. The maximum atomic E-state index is 13.9. The zero-order chi connectivity index (χ0) is 24.4. The summed E-state index contributed by atoms with van der Waals surface area (Å²) in [4.78, 5) is 52.7. The molecule has 12 nitrogen and oxygen atoms in total. The number of benzene rings is 1. The van der Waals surface area contributed by atoms with Gasteiger partial charge in [0.2, 0.25) is 0 Å². The molecule has 2 rings (SSSR count). The van der Waals surface area contributed by atoms with E-state index in [1.165, 1.54) is 7.11 Å². The van der Waals surface area contributed by atoms with Gasteiger partial charge >= 0.3 is 18.0 Å². The van der Waals surface area contributed by atoms with Crippen LogP contribution in [0.3, 0.4) is 0 Å². The van der Waals surface area contributed by atoms with Crippen molar-refractivity contribution in [1.82, 2.24) is 15.5 Å². The van der Waals surface area contributed by atoms with Gasteiger partial charge in [-0.15, -0.1) is 0 Å². The summed E-state index contributed by atoms with van der Waals surface area (Å²) < 4.78 is 37.1. The molecule has 0 fully saturated rings. The molecule has 14 heteroatoms. The molecule has 1 heterocycles. The molecule has 0 spiro atoms. The second-order valence-electron chi connectivity index (χ2n) is 5.90. The first kappa shape index (κ1) is 26.3. The van der Waals surface area contributed by atoms with Gasteiger partial charge in [-0.3, -0.25) is 4.79 Å². The molecule has 0 saturated carbocycles. The Hall–Kier alpha value is -3.75. The smallest absolute Gasteiger partial charge is 0.338 e. The van der Waals surface area contributed by atoms with Crippen LogP contribution in [0.1, 0.15) is 11.6 Å². The highest BCUT2D eigenvalue weighted by Gasteiger charge is 2.43. The number of urea groups is 2. The van der Waals surface area contributed by atoms with E-state index >= 15 is 0 Å². The van der Waals surface area contributed by atoms with Crippen molar-refractivity contribution in [3.05, 3.63) is 46.7 Å². The number of nitrogens with one attached hydrogen (secondary N) is 2. The molecular formula is C18H21F2N5O7. The Morgan fingerprint density at radius 1 is 1.28 bits per heavy atom. The third kappa shape index (κ3) is 5.90. The summed E-state index contributed by atoms with van der Waals surface area (Å²) in [5, 5.41) is 11.0. The zero-order valence-corrected chi connectivity index (χ0v) is 17.1. The molecule has 0 aliphatic carbocycles. The Labute approximate surface area is 180 Å². The van der Waals surface area contributed by atoms with Crippen LogP contribution in [-0.4, -0.2) is 68.1 Å². The molecule has 0 aromatic heterocycles. The molecule has 0 radical (unpaired) electrons. The van der Waals surface area contributed by atoms with Crippen LogP contribution < -0.4 is 16.5 Å². The summed E-state index contributed by atoms with van der Waals surface area (Å²) in [6, 6.07) is -0.978. The lowest BCUT2D eigenvalue weighted by Crippen LogP contribution is -2.55. The van der Waals surface area contributed by atoms with E-state index in [0.717, 1.165) is 25.3 Å². The van der Waals surface area contributed by atoms with Crippen LogP contribution >= 0.6 is 0 Å². The molecule has 174 valence electrons. The monoisotopic (exact) mass is 457 g/mol. The molecule has 5 amide bonds. The van der Waals surface area contributed by atoms with Gasteiger partial charge in [-0.05, 0) is 24.4 Å². The van der Waals surface area contributed by atoms with Crippen molar-refractivity contribution in [2.75, 3.05) is 27.4 Å². The molecule has 1 aliphatic rings. The lowest BCUT2D eigenvalue weighted by molar-refractivity contribution is -0.137.